The molecule has 3 heterocycles. The maximum absolute atomic E-state index is 12.7. The van der Waals surface area contributed by atoms with Crippen molar-refractivity contribution in [2.24, 2.45) is 5.16 Å². The number of carbonyl (C=O) groups excluding carboxylic acids is 2. The van der Waals surface area contributed by atoms with Gasteiger partial charge in [0.2, 0.25) is 0 Å². The summed E-state index contributed by atoms with van der Waals surface area (Å²) in [6.45, 7) is 3.09. The van der Waals surface area contributed by atoms with E-state index in [2.05, 4.69) is 20.8 Å². The van der Waals surface area contributed by atoms with Gasteiger partial charge < -0.3 is 20.2 Å². The van der Waals surface area contributed by atoms with Crippen molar-refractivity contribution in [2.75, 3.05) is 19.8 Å². The van der Waals surface area contributed by atoms with E-state index >= 15 is 0 Å². The van der Waals surface area contributed by atoms with Gasteiger partial charge in [0.25, 0.3) is 11.8 Å². The van der Waals surface area contributed by atoms with E-state index in [-0.39, 0.29) is 30.9 Å². The van der Waals surface area contributed by atoms with Gasteiger partial charge in [0, 0.05) is 25.3 Å². The molecule has 0 aliphatic carbocycles. The molecule has 0 radical (unpaired) electrons. The fraction of sp³-hybridized carbons (Fsp3) is 0.391. The highest BCUT2D eigenvalue weighted by Crippen LogP contribution is 2.33. The predicted octanol–water partition coefficient (Wildman–Crippen LogP) is 1.78. The number of nitrogens with one attached hydrogen (secondary N) is 2. The number of hydrogen-bond donors (Lipinski definition) is 2. The summed E-state index contributed by atoms with van der Waals surface area (Å²) in [5, 5.41) is 9.94. The number of aryl methyl sites for hydroxylation is 1. The van der Waals surface area contributed by atoms with E-state index < -0.39 is 5.60 Å². The molecule has 2 aliphatic rings. The second-order valence-corrected chi connectivity index (χ2v) is 7.89. The van der Waals surface area contributed by atoms with Crippen molar-refractivity contribution >= 4 is 17.5 Å². The summed E-state index contributed by atoms with van der Waals surface area (Å²) in [6.07, 6.45) is 1.57. The molecular weight excluding hydrogens is 396 g/mol. The summed E-state index contributed by atoms with van der Waals surface area (Å²) < 4.78 is 5.61. The number of pyridine rings is 1. The maximum Gasteiger partial charge on any atom is 0.270 e. The minimum atomic E-state index is -0.885. The Bertz CT molecular complexity index is 979. The van der Waals surface area contributed by atoms with Crippen molar-refractivity contribution in [3.8, 4) is 0 Å². The molecule has 2 aliphatic heterocycles. The van der Waals surface area contributed by atoms with Crippen LogP contribution in [-0.2, 0) is 20.8 Å². The van der Waals surface area contributed by atoms with E-state index in [1.54, 1.807) is 12.1 Å². The number of oxime groups is 1. The van der Waals surface area contributed by atoms with Crippen LogP contribution >= 0.6 is 0 Å². The van der Waals surface area contributed by atoms with Crippen molar-refractivity contribution in [3.05, 3.63) is 65.5 Å². The lowest BCUT2D eigenvalue weighted by molar-refractivity contribution is -0.128. The number of amides is 2. The molecule has 31 heavy (non-hydrogen) atoms. The molecule has 1 aromatic heterocycles. The van der Waals surface area contributed by atoms with E-state index in [9.17, 15) is 9.59 Å². The number of carbonyl (C=O) groups is 2. The first-order valence-corrected chi connectivity index (χ1v) is 10.5. The van der Waals surface area contributed by atoms with Gasteiger partial charge in [0.05, 0.1) is 12.6 Å². The minimum Gasteiger partial charge on any atom is -0.384 e. The molecule has 1 spiro atoms. The molecule has 2 aromatic rings. The highest BCUT2D eigenvalue weighted by molar-refractivity contribution is 6.39. The number of ether oxygens (including phenoxy) is 1. The molecule has 2 N–H and O–H groups in total. The smallest absolute Gasteiger partial charge is 0.270 e. The third-order valence-corrected chi connectivity index (χ3v) is 5.57. The molecule has 8 heteroatoms. The van der Waals surface area contributed by atoms with Gasteiger partial charge in [-0.3, -0.25) is 9.59 Å². The Kier molecular flexibility index (Phi) is 6.27. The average molecular weight is 422 g/mol. The van der Waals surface area contributed by atoms with Crippen LogP contribution in [0.1, 0.15) is 34.6 Å². The number of aromatic nitrogens is 1. The second-order valence-electron chi connectivity index (χ2n) is 7.89. The molecule has 0 unspecified atom stereocenters. The third-order valence-electron chi connectivity index (χ3n) is 5.57. The molecular formula is C23H26N4O4. The van der Waals surface area contributed by atoms with Gasteiger partial charge >= 0.3 is 0 Å². The van der Waals surface area contributed by atoms with Crippen molar-refractivity contribution in [2.45, 2.75) is 37.8 Å². The zero-order valence-corrected chi connectivity index (χ0v) is 17.5. The largest absolute Gasteiger partial charge is 0.384 e. The Hall–Kier alpha value is -3.26. The van der Waals surface area contributed by atoms with Gasteiger partial charge in [-0.1, -0.05) is 41.6 Å². The lowest BCUT2D eigenvalue weighted by atomic mass is 9.85. The second kappa shape index (κ2) is 9.26. The summed E-state index contributed by atoms with van der Waals surface area (Å²) in [5.41, 5.74) is 1.69. The lowest BCUT2D eigenvalue weighted by Crippen LogP contribution is -2.59. The Morgan fingerprint density at radius 2 is 1.97 bits per heavy atom. The zero-order valence-electron chi connectivity index (χ0n) is 17.5. The highest BCUT2D eigenvalue weighted by atomic mass is 16.7. The Morgan fingerprint density at radius 3 is 2.77 bits per heavy atom. The molecule has 1 aromatic carbocycles. The van der Waals surface area contributed by atoms with Gasteiger partial charge in [0.15, 0.2) is 5.60 Å². The molecule has 1 saturated heterocycles. The van der Waals surface area contributed by atoms with Crippen LogP contribution in [0.3, 0.4) is 0 Å². The molecule has 162 valence electrons. The molecule has 0 bridgehead atoms. The van der Waals surface area contributed by atoms with E-state index in [1.165, 1.54) is 0 Å². The van der Waals surface area contributed by atoms with Gasteiger partial charge in [-0.25, -0.2) is 4.98 Å². The monoisotopic (exact) mass is 422 g/mol. The Balaban J connectivity index is 1.35. The SMILES string of the molecule is Cc1cccc(C(=O)N[C@@H]2CCOC[C@@]23CC(C(=O)NCCc2ccccc2)=NO3)n1. The molecule has 1 fully saturated rings. The van der Waals surface area contributed by atoms with Crippen LogP contribution < -0.4 is 10.6 Å². The fourth-order valence-corrected chi connectivity index (χ4v) is 3.86. The van der Waals surface area contributed by atoms with E-state index in [1.807, 2.05) is 43.3 Å². The Morgan fingerprint density at radius 1 is 1.13 bits per heavy atom. The quantitative estimate of drug-likeness (QED) is 0.739. The summed E-state index contributed by atoms with van der Waals surface area (Å²) in [4.78, 5) is 35.3. The lowest BCUT2D eigenvalue weighted by Gasteiger charge is -2.38. The van der Waals surface area contributed by atoms with Gasteiger partial charge in [-0.05, 0) is 37.5 Å². The number of hydrogen-bond acceptors (Lipinski definition) is 6. The standard InChI is InChI=1S/C23H26N4O4/c1-16-6-5-9-18(25-16)22(29)26-20-11-13-30-15-23(20)14-19(27-31-23)21(28)24-12-10-17-7-3-2-4-8-17/h2-9,20H,10-15H2,1H3,(H,24,28)(H,26,29)/t20-,23+/m1/s1. The summed E-state index contributed by atoms with van der Waals surface area (Å²) in [7, 11) is 0. The topological polar surface area (TPSA) is 102 Å². The zero-order chi connectivity index (χ0) is 21.7. The first kappa shape index (κ1) is 21.0. The van der Waals surface area contributed by atoms with Gasteiger partial charge in [-0.15, -0.1) is 0 Å². The minimum absolute atomic E-state index is 0.253. The van der Waals surface area contributed by atoms with Crippen LogP contribution in [0.4, 0.5) is 0 Å². The maximum atomic E-state index is 12.7. The summed E-state index contributed by atoms with van der Waals surface area (Å²) in [5.74, 6) is -0.539. The van der Waals surface area contributed by atoms with Crippen LogP contribution in [0.25, 0.3) is 0 Å². The fourth-order valence-electron chi connectivity index (χ4n) is 3.86. The van der Waals surface area contributed by atoms with E-state index in [4.69, 9.17) is 9.57 Å². The van der Waals surface area contributed by atoms with Crippen LogP contribution in [-0.4, -0.2) is 53.9 Å². The highest BCUT2D eigenvalue weighted by Gasteiger charge is 2.50. The number of nitrogens with zero attached hydrogens (tertiary/aromatic N) is 2. The number of rotatable bonds is 6. The van der Waals surface area contributed by atoms with E-state index in [0.717, 1.165) is 17.7 Å². The number of benzene rings is 1. The van der Waals surface area contributed by atoms with Crippen molar-refractivity contribution in [1.82, 2.24) is 15.6 Å². The van der Waals surface area contributed by atoms with Crippen LogP contribution in [0.2, 0.25) is 0 Å². The van der Waals surface area contributed by atoms with Crippen molar-refractivity contribution in [3.63, 3.8) is 0 Å². The molecule has 4 rings (SSSR count). The van der Waals surface area contributed by atoms with Crippen LogP contribution in [0.15, 0.2) is 53.7 Å². The van der Waals surface area contributed by atoms with Crippen molar-refractivity contribution in [1.29, 1.82) is 0 Å². The Labute approximate surface area is 181 Å². The molecule has 2 amide bonds. The van der Waals surface area contributed by atoms with Crippen molar-refractivity contribution < 1.29 is 19.2 Å². The van der Waals surface area contributed by atoms with Gasteiger partial charge in [0.1, 0.15) is 11.4 Å². The average Bonchev–Trinajstić information content (AvgIpc) is 3.21. The predicted molar refractivity (Wildman–Crippen MR) is 115 cm³/mol. The van der Waals surface area contributed by atoms with Crippen LogP contribution in [0.5, 0.6) is 0 Å². The third kappa shape index (κ3) is 4.91. The van der Waals surface area contributed by atoms with Crippen LogP contribution in [0, 0.1) is 6.92 Å². The molecule has 2 atom stereocenters. The summed E-state index contributed by atoms with van der Waals surface area (Å²) in [6, 6.07) is 14.9. The first-order valence-electron chi connectivity index (χ1n) is 10.5. The molecule has 8 nitrogen and oxygen atoms in total. The normalized spacial score (nSPS) is 22.5. The summed E-state index contributed by atoms with van der Waals surface area (Å²) >= 11 is 0. The van der Waals surface area contributed by atoms with Gasteiger partial charge in [-0.2, -0.15) is 0 Å². The van der Waals surface area contributed by atoms with E-state index in [0.29, 0.717) is 31.0 Å². The first-order chi connectivity index (χ1) is 15.1. The molecule has 0 saturated carbocycles.